The van der Waals surface area contributed by atoms with E-state index in [0.29, 0.717) is 12.0 Å². The van der Waals surface area contributed by atoms with E-state index in [1.54, 1.807) is 0 Å². The normalized spacial score (nSPS) is 9.93. The van der Waals surface area contributed by atoms with Crippen molar-refractivity contribution in [1.29, 1.82) is 0 Å². The zero-order chi connectivity index (χ0) is 11.3. The average molecular weight is 209 g/mol. The second-order valence-electron chi connectivity index (χ2n) is 3.05. The van der Waals surface area contributed by atoms with Gasteiger partial charge in [0.25, 0.3) is 5.69 Å². The van der Waals surface area contributed by atoms with Crippen LogP contribution in [0.2, 0.25) is 0 Å². The number of nitrogens with zero attached hydrogens (tertiary/aromatic N) is 1. The maximum absolute atomic E-state index is 11.4. The highest BCUT2D eigenvalue weighted by Crippen LogP contribution is 2.13. The van der Waals surface area contributed by atoms with Gasteiger partial charge in [-0.1, -0.05) is 0 Å². The predicted octanol–water partition coefficient (Wildman–Crippen LogP) is 1.55. The third-order valence-electron chi connectivity index (χ3n) is 1.96. The summed E-state index contributed by atoms with van der Waals surface area (Å²) in [5.74, 6) is -0.112. The molecule has 0 radical (unpaired) electrons. The lowest BCUT2D eigenvalue weighted by Gasteiger charge is -1.98. The highest BCUT2D eigenvalue weighted by Gasteiger charge is 2.08. The van der Waals surface area contributed by atoms with Gasteiger partial charge >= 0.3 is 0 Å². The molecule has 1 aromatic rings. The molecular formula is C10H11NO4. The van der Waals surface area contributed by atoms with Gasteiger partial charge in [-0.2, -0.15) is 0 Å². The van der Waals surface area contributed by atoms with Crippen LogP contribution in [0.15, 0.2) is 24.3 Å². The Morgan fingerprint density at radius 1 is 1.33 bits per heavy atom. The molecule has 0 aliphatic rings. The smallest absolute Gasteiger partial charge is 0.269 e. The summed E-state index contributed by atoms with van der Waals surface area (Å²) >= 11 is 0. The number of rotatable bonds is 5. The molecule has 0 amide bonds. The Morgan fingerprint density at radius 2 is 1.93 bits per heavy atom. The molecule has 15 heavy (non-hydrogen) atoms. The first kappa shape index (κ1) is 11.3. The molecule has 0 aromatic heterocycles. The molecule has 0 aliphatic carbocycles. The van der Waals surface area contributed by atoms with Crippen LogP contribution < -0.4 is 0 Å². The van der Waals surface area contributed by atoms with E-state index >= 15 is 0 Å². The Hall–Kier alpha value is -1.75. The topological polar surface area (TPSA) is 80.4 Å². The van der Waals surface area contributed by atoms with Crippen LogP contribution in [0.5, 0.6) is 0 Å². The number of benzene rings is 1. The molecule has 5 nitrogen and oxygen atoms in total. The SMILES string of the molecule is O=C(CCCO)c1ccc([N+](=O)[O-])cc1. The van der Waals surface area contributed by atoms with Gasteiger partial charge in [0.1, 0.15) is 0 Å². The maximum Gasteiger partial charge on any atom is 0.269 e. The van der Waals surface area contributed by atoms with Crippen molar-refractivity contribution in [3.63, 3.8) is 0 Å². The first-order valence-electron chi connectivity index (χ1n) is 4.53. The minimum atomic E-state index is -0.512. The van der Waals surface area contributed by atoms with Gasteiger partial charge in [0.05, 0.1) is 4.92 Å². The summed E-state index contributed by atoms with van der Waals surface area (Å²) in [5, 5.41) is 18.9. The molecule has 0 atom stereocenters. The van der Waals surface area contributed by atoms with Gasteiger partial charge in [-0.15, -0.1) is 0 Å². The highest BCUT2D eigenvalue weighted by atomic mass is 16.6. The Morgan fingerprint density at radius 3 is 2.40 bits per heavy atom. The van der Waals surface area contributed by atoms with Crippen molar-refractivity contribution in [3.05, 3.63) is 39.9 Å². The Kier molecular flexibility index (Phi) is 3.93. The van der Waals surface area contributed by atoms with Crippen molar-refractivity contribution in [1.82, 2.24) is 0 Å². The molecule has 1 N–H and O–H groups in total. The number of carbonyl (C=O) groups excluding carboxylic acids is 1. The predicted molar refractivity (Wildman–Crippen MR) is 53.7 cm³/mol. The average Bonchev–Trinajstić information content (AvgIpc) is 2.26. The summed E-state index contributed by atoms with van der Waals surface area (Å²) in [7, 11) is 0. The molecule has 80 valence electrons. The van der Waals surface area contributed by atoms with E-state index in [1.807, 2.05) is 0 Å². The number of carbonyl (C=O) groups is 1. The lowest BCUT2D eigenvalue weighted by molar-refractivity contribution is -0.384. The van der Waals surface area contributed by atoms with E-state index < -0.39 is 4.92 Å². The maximum atomic E-state index is 11.4. The monoisotopic (exact) mass is 209 g/mol. The van der Waals surface area contributed by atoms with Crippen molar-refractivity contribution >= 4 is 11.5 Å². The molecule has 1 rings (SSSR count). The van der Waals surface area contributed by atoms with Crippen molar-refractivity contribution < 1.29 is 14.8 Å². The summed E-state index contributed by atoms with van der Waals surface area (Å²) in [6, 6.07) is 5.45. The molecule has 0 spiro atoms. The molecule has 5 heteroatoms. The van der Waals surface area contributed by atoms with Gasteiger partial charge in [0, 0.05) is 30.7 Å². The molecule has 0 saturated heterocycles. The van der Waals surface area contributed by atoms with Gasteiger partial charge < -0.3 is 5.11 Å². The fourth-order valence-electron chi connectivity index (χ4n) is 1.15. The number of hydrogen-bond donors (Lipinski definition) is 1. The Labute approximate surface area is 86.5 Å². The number of aliphatic hydroxyl groups excluding tert-OH is 1. The van der Waals surface area contributed by atoms with Gasteiger partial charge in [-0.05, 0) is 18.6 Å². The second-order valence-corrected chi connectivity index (χ2v) is 3.05. The lowest BCUT2D eigenvalue weighted by Crippen LogP contribution is -2.00. The molecule has 1 aromatic carbocycles. The third kappa shape index (κ3) is 3.14. The number of ketones is 1. The molecule has 0 saturated carbocycles. The Bertz CT molecular complexity index is 358. The largest absolute Gasteiger partial charge is 0.396 e. The fourth-order valence-corrected chi connectivity index (χ4v) is 1.15. The van der Waals surface area contributed by atoms with Crippen molar-refractivity contribution in [2.45, 2.75) is 12.8 Å². The first-order chi connectivity index (χ1) is 7.15. The van der Waals surface area contributed by atoms with Gasteiger partial charge in [0.2, 0.25) is 0 Å². The first-order valence-corrected chi connectivity index (χ1v) is 4.53. The minimum absolute atomic E-state index is 0.0290. The Balaban J connectivity index is 2.71. The van der Waals surface area contributed by atoms with E-state index in [-0.39, 0.29) is 24.5 Å². The van der Waals surface area contributed by atoms with Crippen LogP contribution in [-0.4, -0.2) is 22.4 Å². The van der Waals surface area contributed by atoms with E-state index in [1.165, 1.54) is 24.3 Å². The summed E-state index contributed by atoms with van der Waals surface area (Å²) in [4.78, 5) is 21.2. The number of nitro groups is 1. The molecular weight excluding hydrogens is 198 g/mol. The number of nitro benzene ring substituents is 1. The van der Waals surface area contributed by atoms with E-state index in [4.69, 9.17) is 5.11 Å². The summed E-state index contributed by atoms with van der Waals surface area (Å²) in [6.07, 6.45) is 0.671. The van der Waals surface area contributed by atoms with Gasteiger partial charge in [-0.3, -0.25) is 14.9 Å². The number of hydrogen-bond acceptors (Lipinski definition) is 4. The number of Topliss-reactive ketones (excluding diaryl/α,β-unsaturated/α-hetero) is 1. The van der Waals surface area contributed by atoms with Crippen LogP contribution in [0.1, 0.15) is 23.2 Å². The summed E-state index contributed by atoms with van der Waals surface area (Å²) < 4.78 is 0. The van der Waals surface area contributed by atoms with Crippen molar-refractivity contribution in [2.75, 3.05) is 6.61 Å². The van der Waals surface area contributed by atoms with E-state index in [9.17, 15) is 14.9 Å². The van der Waals surface area contributed by atoms with E-state index in [0.717, 1.165) is 0 Å². The third-order valence-corrected chi connectivity index (χ3v) is 1.96. The van der Waals surface area contributed by atoms with Crippen LogP contribution in [0.25, 0.3) is 0 Å². The summed E-state index contributed by atoms with van der Waals surface area (Å²) in [6.45, 7) is -0.0290. The van der Waals surface area contributed by atoms with Gasteiger partial charge in [0.15, 0.2) is 5.78 Å². The molecule has 0 fully saturated rings. The summed E-state index contributed by atoms with van der Waals surface area (Å²) in [5.41, 5.74) is 0.405. The van der Waals surface area contributed by atoms with E-state index in [2.05, 4.69) is 0 Å². The molecule has 0 aliphatic heterocycles. The van der Waals surface area contributed by atoms with Crippen molar-refractivity contribution in [3.8, 4) is 0 Å². The fraction of sp³-hybridized carbons (Fsp3) is 0.300. The second kappa shape index (κ2) is 5.21. The lowest BCUT2D eigenvalue weighted by atomic mass is 10.1. The van der Waals surface area contributed by atoms with Gasteiger partial charge in [-0.25, -0.2) is 0 Å². The van der Waals surface area contributed by atoms with Crippen LogP contribution >= 0.6 is 0 Å². The van der Waals surface area contributed by atoms with Crippen LogP contribution in [0, 0.1) is 10.1 Å². The zero-order valence-electron chi connectivity index (χ0n) is 8.05. The number of aliphatic hydroxyl groups is 1. The molecule has 0 unspecified atom stereocenters. The highest BCUT2D eigenvalue weighted by molar-refractivity contribution is 5.96. The number of non-ortho nitro benzene ring substituents is 1. The standard InChI is InChI=1S/C10H11NO4/c12-7-1-2-10(13)8-3-5-9(6-4-8)11(14)15/h3-6,12H,1-2,7H2. The zero-order valence-corrected chi connectivity index (χ0v) is 8.05. The van der Waals surface area contributed by atoms with Crippen LogP contribution in [-0.2, 0) is 0 Å². The minimum Gasteiger partial charge on any atom is -0.396 e. The van der Waals surface area contributed by atoms with Crippen LogP contribution in [0.4, 0.5) is 5.69 Å². The molecule has 0 bridgehead atoms. The van der Waals surface area contributed by atoms with Crippen molar-refractivity contribution in [2.24, 2.45) is 0 Å². The van der Waals surface area contributed by atoms with Crippen LogP contribution in [0.3, 0.4) is 0 Å². The quantitative estimate of drug-likeness (QED) is 0.453. The molecule has 0 heterocycles.